The third kappa shape index (κ3) is 6.03. The molecule has 0 heterocycles. The maximum Gasteiger partial charge on any atom is 0.269 e. The lowest BCUT2D eigenvalue weighted by molar-refractivity contribution is -0.113. The number of rotatable bonds is 3. The van der Waals surface area contributed by atoms with Gasteiger partial charge in [0.15, 0.2) is 0 Å². The highest BCUT2D eigenvalue weighted by atomic mass is 16.4. The lowest BCUT2D eigenvalue weighted by atomic mass is 10.5. The molecule has 0 aliphatic carbocycles. The number of hydrogen-bond acceptors (Lipinski definition) is 4. The van der Waals surface area contributed by atoms with Crippen LogP contribution in [0.5, 0.6) is 0 Å². The average molecular weight is 157 g/mol. The zero-order valence-electron chi connectivity index (χ0n) is 5.52. The quantitative estimate of drug-likeness (QED) is 0.202. The van der Waals surface area contributed by atoms with Crippen LogP contribution < -0.4 is 11.1 Å². The van der Waals surface area contributed by atoms with Gasteiger partial charge in [-0.2, -0.15) is 0 Å². The maximum atomic E-state index is 10.4. The van der Waals surface area contributed by atoms with Crippen molar-refractivity contribution in [3.8, 4) is 0 Å². The molecule has 0 atom stereocenters. The lowest BCUT2D eigenvalue weighted by Crippen LogP contribution is -2.19. The van der Waals surface area contributed by atoms with Crippen LogP contribution in [0.2, 0.25) is 0 Å². The predicted molar refractivity (Wildman–Crippen MR) is 36.8 cm³/mol. The van der Waals surface area contributed by atoms with Crippen LogP contribution in [-0.4, -0.2) is 23.2 Å². The Kier molecular flexibility index (Phi) is 4.14. The van der Waals surface area contributed by atoms with E-state index < -0.39 is 11.8 Å². The van der Waals surface area contributed by atoms with Gasteiger partial charge in [-0.1, -0.05) is 5.16 Å². The summed E-state index contributed by atoms with van der Waals surface area (Å²) < 4.78 is 0. The van der Waals surface area contributed by atoms with Gasteiger partial charge in [0.25, 0.3) is 5.91 Å². The molecule has 0 saturated carbocycles. The van der Waals surface area contributed by atoms with Crippen molar-refractivity contribution in [3.05, 3.63) is 12.3 Å². The van der Waals surface area contributed by atoms with E-state index in [1.54, 1.807) is 0 Å². The number of primary amides is 1. The number of hydrogen-bond donors (Lipinski definition) is 3. The molecule has 2 amide bonds. The largest absolute Gasteiger partial charge is 0.411 e. The van der Waals surface area contributed by atoms with Crippen molar-refractivity contribution in [3.63, 3.8) is 0 Å². The highest BCUT2D eigenvalue weighted by Gasteiger charge is 1.90. The van der Waals surface area contributed by atoms with E-state index in [1.165, 1.54) is 0 Å². The van der Waals surface area contributed by atoms with E-state index in [1.807, 2.05) is 0 Å². The van der Waals surface area contributed by atoms with Gasteiger partial charge in [-0.3, -0.25) is 9.59 Å². The first-order valence-corrected chi connectivity index (χ1v) is 2.60. The van der Waals surface area contributed by atoms with Crippen LogP contribution in [-0.2, 0) is 9.59 Å². The van der Waals surface area contributed by atoms with Crippen LogP contribution >= 0.6 is 0 Å². The second kappa shape index (κ2) is 4.98. The average Bonchev–Trinajstić information content (AvgIpc) is 1.87. The molecule has 0 aromatic heterocycles. The molecule has 0 radical (unpaired) electrons. The molecule has 0 aromatic rings. The maximum absolute atomic E-state index is 10.4. The summed E-state index contributed by atoms with van der Waals surface area (Å²) in [6.45, 7) is 0. The number of carbonyl (C=O) groups is 2. The zero-order valence-corrected chi connectivity index (χ0v) is 5.52. The van der Waals surface area contributed by atoms with Gasteiger partial charge in [-0.25, -0.2) is 0 Å². The van der Waals surface area contributed by atoms with Gasteiger partial charge in [0.05, 0.1) is 0 Å². The lowest BCUT2D eigenvalue weighted by Gasteiger charge is -1.88. The number of oxime groups is 1. The minimum absolute atomic E-state index is 0.644. The molecular weight excluding hydrogens is 150 g/mol. The number of nitrogens with zero attached hydrogens (tertiary/aromatic N) is 1. The summed E-state index contributed by atoms with van der Waals surface area (Å²) >= 11 is 0. The molecule has 0 rings (SSSR count). The van der Waals surface area contributed by atoms with Gasteiger partial charge in [0, 0.05) is 12.3 Å². The normalized spacial score (nSPS) is 10.5. The van der Waals surface area contributed by atoms with Crippen molar-refractivity contribution in [1.82, 2.24) is 5.32 Å². The molecule has 6 nitrogen and oxygen atoms in total. The molecule has 0 aromatic carbocycles. The van der Waals surface area contributed by atoms with Gasteiger partial charge in [0.1, 0.15) is 6.21 Å². The molecule has 60 valence electrons. The smallest absolute Gasteiger partial charge is 0.269 e. The van der Waals surface area contributed by atoms with Crippen molar-refractivity contribution >= 4 is 18.0 Å². The van der Waals surface area contributed by atoms with Crippen LogP contribution in [0.1, 0.15) is 0 Å². The van der Waals surface area contributed by atoms with Gasteiger partial charge in [-0.05, 0) is 0 Å². The number of nitrogens with two attached hydrogens (primary N) is 1. The molecule has 0 saturated heterocycles. The van der Waals surface area contributed by atoms with Crippen LogP contribution in [0.4, 0.5) is 0 Å². The van der Waals surface area contributed by atoms with Gasteiger partial charge < -0.3 is 16.3 Å². The second-order valence-electron chi connectivity index (χ2n) is 1.49. The molecule has 0 spiro atoms. The highest BCUT2D eigenvalue weighted by molar-refractivity contribution is 6.26. The zero-order chi connectivity index (χ0) is 8.69. The molecule has 4 N–H and O–H groups in total. The summed E-state index contributed by atoms with van der Waals surface area (Å²) in [4.78, 5) is 20.4. The summed E-state index contributed by atoms with van der Waals surface area (Å²) in [7, 11) is 0. The first-order chi connectivity index (χ1) is 5.16. The number of carbonyl (C=O) groups excluding carboxylic acids is 2. The molecule has 0 aliphatic rings. The van der Waals surface area contributed by atoms with Crippen LogP contribution in [0.25, 0.3) is 0 Å². The monoisotopic (exact) mass is 157 g/mol. The van der Waals surface area contributed by atoms with Gasteiger partial charge in [0.2, 0.25) is 5.91 Å². The first-order valence-electron chi connectivity index (χ1n) is 2.60. The SMILES string of the molecule is NC(=O)/C=C\NC(=O)/C=N/O. The molecule has 6 heteroatoms. The molecule has 0 aliphatic heterocycles. The first kappa shape index (κ1) is 9.15. The van der Waals surface area contributed by atoms with E-state index in [2.05, 4.69) is 10.5 Å². The Bertz CT molecular complexity index is 209. The van der Waals surface area contributed by atoms with Gasteiger partial charge >= 0.3 is 0 Å². The summed E-state index contributed by atoms with van der Waals surface area (Å²) in [5.74, 6) is -1.32. The highest BCUT2D eigenvalue weighted by Crippen LogP contribution is 1.65. The molecule has 0 fully saturated rings. The standard InChI is InChI=1S/C5H7N3O3/c6-4(9)1-2-7-5(10)3-8-11/h1-3,11H,(H2,6,9)(H,7,10)/b2-1-,8-3+. The fourth-order valence-electron chi connectivity index (χ4n) is 0.296. The van der Waals surface area contributed by atoms with Crippen LogP contribution in [0.15, 0.2) is 17.4 Å². The number of nitrogens with one attached hydrogen (secondary N) is 1. The molecule has 0 bridgehead atoms. The third-order valence-electron chi connectivity index (χ3n) is 0.648. The summed E-state index contributed by atoms with van der Waals surface area (Å²) in [5, 5.41) is 12.4. The van der Waals surface area contributed by atoms with Crippen molar-refractivity contribution in [2.45, 2.75) is 0 Å². The Morgan fingerprint density at radius 2 is 2.18 bits per heavy atom. The van der Waals surface area contributed by atoms with Crippen LogP contribution in [0.3, 0.4) is 0 Å². The fourth-order valence-corrected chi connectivity index (χ4v) is 0.296. The molecule has 11 heavy (non-hydrogen) atoms. The van der Waals surface area contributed by atoms with E-state index in [0.717, 1.165) is 12.3 Å². The van der Waals surface area contributed by atoms with E-state index in [0.29, 0.717) is 6.21 Å². The van der Waals surface area contributed by atoms with Gasteiger partial charge in [-0.15, -0.1) is 0 Å². The summed E-state index contributed by atoms with van der Waals surface area (Å²) in [6, 6.07) is 0. The van der Waals surface area contributed by atoms with Crippen molar-refractivity contribution in [1.29, 1.82) is 0 Å². The Morgan fingerprint density at radius 1 is 1.55 bits per heavy atom. The predicted octanol–water partition coefficient (Wildman–Crippen LogP) is -1.44. The van der Waals surface area contributed by atoms with Crippen molar-refractivity contribution < 1.29 is 14.8 Å². The Morgan fingerprint density at radius 3 is 2.64 bits per heavy atom. The second-order valence-corrected chi connectivity index (χ2v) is 1.49. The molecular formula is C5H7N3O3. The third-order valence-corrected chi connectivity index (χ3v) is 0.648. The molecule has 0 unspecified atom stereocenters. The van der Waals surface area contributed by atoms with Crippen LogP contribution in [0, 0.1) is 0 Å². The van der Waals surface area contributed by atoms with E-state index in [9.17, 15) is 9.59 Å². The summed E-state index contributed by atoms with van der Waals surface area (Å²) in [5.41, 5.74) is 4.69. The van der Waals surface area contributed by atoms with E-state index >= 15 is 0 Å². The summed E-state index contributed by atoms with van der Waals surface area (Å²) in [6.07, 6.45) is 2.65. The Balaban J connectivity index is 3.70. The minimum Gasteiger partial charge on any atom is -0.411 e. The van der Waals surface area contributed by atoms with Crippen molar-refractivity contribution in [2.24, 2.45) is 10.9 Å². The Hall–Kier alpha value is -1.85. The Labute approximate surface area is 62.4 Å². The number of amides is 2. The van der Waals surface area contributed by atoms with E-state index in [4.69, 9.17) is 10.9 Å². The topological polar surface area (TPSA) is 105 Å². The van der Waals surface area contributed by atoms with E-state index in [-0.39, 0.29) is 0 Å². The van der Waals surface area contributed by atoms with Crippen molar-refractivity contribution in [2.75, 3.05) is 0 Å². The minimum atomic E-state index is -0.675. The fraction of sp³-hybridized carbons (Fsp3) is 0.